The van der Waals surface area contributed by atoms with E-state index in [-0.39, 0.29) is 5.91 Å². The molecule has 2 aromatic carbocycles. The third-order valence-corrected chi connectivity index (χ3v) is 4.07. The molecule has 1 amide bonds. The van der Waals surface area contributed by atoms with Crippen molar-refractivity contribution in [2.45, 2.75) is 12.8 Å². The fourth-order valence-corrected chi connectivity index (χ4v) is 2.80. The molecular weight excluding hydrogens is 347 g/mol. The Kier molecular flexibility index (Phi) is 5.13. The van der Waals surface area contributed by atoms with E-state index in [0.29, 0.717) is 28.6 Å². The van der Waals surface area contributed by atoms with Gasteiger partial charge in [0, 0.05) is 16.5 Å². The van der Waals surface area contributed by atoms with Crippen molar-refractivity contribution < 1.29 is 4.79 Å². The second kappa shape index (κ2) is 7.47. The third kappa shape index (κ3) is 3.93. The van der Waals surface area contributed by atoms with Gasteiger partial charge in [-0.05, 0) is 36.2 Å². The molecule has 0 bridgehead atoms. The normalized spacial score (nSPS) is 10.6. The number of para-hydroxylation sites is 2. The molecule has 122 valence electrons. The van der Waals surface area contributed by atoms with Crippen molar-refractivity contribution >= 4 is 34.8 Å². The van der Waals surface area contributed by atoms with Gasteiger partial charge in [0.15, 0.2) is 0 Å². The van der Waals surface area contributed by atoms with Crippen molar-refractivity contribution in [3.8, 4) is 5.69 Å². The lowest BCUT2D eigenvalue weighted by molar-refractivity contribution is -0.116. The Morgan fingerprint density at radius 2 is 2.00 bits per heavy atom. The molecule has 0 fully saturated rings. The van der Waals surface area contributed by atoms with E-state index >= 15 is 0 Å². The van der Waals surface area contributed by atoms with Crippen molar-refractivity contribution in [1.82, 2.24) is 15.0 Å². The number of halogens is 2. The highest BCUT2D eigenvalue weighted by molar-refractivity contribution is 6.35. The molecule has 3 aromatic rings. The number of nitrogens with one attached hydrogen (secondary N) is 1. The Labute approximate surface area is 149 Å². The van der Waals surface area contributed by atoms with E-state index in [4.69, 9.17) is 23.2 Å². The number of benzene rings is 2. The standard InChI is InChI=1S/C17H14Cl2N4O/c18-13-7-5-12(14(19)11-13)6-8-17(24)21-15-3-1-2-4-16(15)23-10-9-20-22-23/h1-5,7,9-11H,6,8H2,(H,21,24). The van der Waals surface area contributed by atoms with Gasteiger partial charge in [-0.1, -0.05) is 46.6 Å². The Morgan fingerprint density at radius 1 is 1.17 bits per heavy atom. The largest absolute Gasteiger partial charge is 0.324 e. The highest BCUT2D eigenvalue weighted by Crippen LogP contribution is 2.23. The maximum Gasteiger partial charge on any atom is 0.224 e. The minimum Gasteiger partial charge on any atom is -0.324 e. The summed E-state index contributed by atoms with van der Waals surface area (Å²) < 4.78 is 1.60. The number of aryl methyl sites for hydroxylation is 1. The van der Waals surface area contributed by atoms with E-state index in [1.807, 2.05) is 30.3 Å². The minimum atomic E-state index is -0.103. The van der Waals surface area contributed by atoms with Crippen LogP contribution in [-0.2, 0) is 11.2 Å². The summed E-state index contributed by atoms with van der Waals surface area (Å²) in [4.78, 5) is 12.3. The number of nitrogens with zero attached hydrogens (tertiary/aromatic N) is 3. The second-order valence-electron chi connectivity index (χ2n) is 5.15. The van der Waals surface area contributed by atoms with Gasteiger partial charge in [-0.3, -0.25) is 4.79 Å². The predicted octanol–water partition coefficient (Wildman–Crippen LogP) is 4.15. The molecule has 1 aromatic heterocycles. The lowest BCUT2D eigenvalue weighted by atomic mass is 10.1. The second-order valence-corrected chi connectivity index (χ2v) is 5.99. The van der Waals surface area contributed by atoms with E-state index in [1.54, 1.807) is 29.2 Å². The molecule has 5 nitrogen and oxygen atoms in total. The lowest BCUT2D eigenvalue weighted by Gasteiger charge is -2.11. The number of rotatable bonds is 5. The summed E-state index contributed by atoms with van der Waals surface area (Å²) in [5.74, 6) is -0.103. The molecule has 7 heteroatoms. The van der Waals surface area contributed by atoms with Gasteiger partial charge in [-0.2, -0.15) is 0 Å². The summed E-state index contributed by atoms with van der Waals surface area (Å²) in [6.07, 6.45) is 4.15. The Hall–Kier alpha value is -2.37. The maximum atomic E-state index is 12.3. The molecule has 0 spiro atoms. The summed E-state index contributed by atoms with van der Waals surface area (Å²) in [5.41, 5.74) is 2.32. The van der Waals surface area contributed by atoms with Gasteiger partial charge in [0.1, 0.15) is 0 Å². The topological polar surface area (TPSA) is 59.8 Å². The Balaban J connectivity index is 1.67. The number of amides is 1. The first-order valence-corrected chi connectivity index (χ1v) is 8.08. The van der Waals surface area contributed by atoms with Crippen LogP contribution in [-0.4, -0.2) is 20.9 Å². The summed E-state index contributed by atoms with van der Waals surface area (Å²) in [6, 6.07) is 12.7. The molecule has 0 aliphatic heterocycles. The lowest BCUT2D eigenvalue weighted by Crippen LogP contribution is -2.14. The van der Waals surface area contributed by atoms with Crippen LogP contribution in [0.3, 0.4) is 0 Å². The van der Waals surface area contributed by atoms with Gasteiger partial charge in [0.2, 0.25) is 5.91 Å². The fraction of sp³-hybridized carbons (Fsp3) is 0.118. The van der Waals surface area contributed by atoms with Crippen molar-refractivity contribution in [2.75, 3.05) is 5.32 Å². The zero-order valence-corrected chi connectivity index (χ0v) is 14.1. The number of aromatic nitrogens is 3. The number of carbonyl (C=O) groups excluding carboxylic acids is 1. The van der Waals surface area contributed by atoms with Crippen LogP contribution in [0.1, 0.15) is 12.0 Å². The van der Waals surface area contributed by atoms with Gasteiger partial charge in [-0.25, -0.2) is 4.68 Å². The first-order valence-electron chi connectivity index (χ1n) is 7.33. The molecule has 24 heavy (non-hydrogen) atoms. The zero-order chi connectivity index (χ0) is 16.9. The van der Waals surface area contributed by atoms with Crippen molar-refractivity contribution in [3.63, 3.8) is 0 Å². The molecule has 0 atom stereocenters. The average molecular weight is 361 g/mol. The van der Waals surface area contributed by atoms with E-state index in [2.05, 4.69) is 15.6 Å². The van der Waals surface area contributed by atoms with E-state index in [9.17, 15) is 4.79 Å². The van der Waals surface area contributed by atoms with E-state index < -0.39 is 0 Å². The number of carbonyl (C=O) groups is 1. The van der Waals surface area contributed by atoms with Gasteiger partial charge in [-0.15, -0.1) is 5.10 Å². The van der Waals surface area contributed by atoms with Crippen molar-refractivity contribution in [2.24, 2.45) is 0 Å². The SMILES string of the molecule is O=C(CCc1ccc(Cl)cc1Cl)Nc1ccccc1-n1ccnn1. The minimum absolute atomic E-state index is 0.103. The highest BCUT2D eigenvalue weighted by atomic mass is 35.5. The predicted molar refractivity (Wildman–Crippen MR) is 94.8 cm³/mol. The van der Waals surface area contributed by atoms with Gasteiger partial charge in [0.05, 0.1) is 23.8 Å². The van der Waals surface area contributed by atoms with Crippen molar-refractivity contribution in [3.05, 3.63) is 70.5 Å². The smallest absolute Gasteiger partial charge is 0.224 e. The molecule has 0 aliphatic carbocycles. The third-order valence-electron chi connectivity index (χ3n) is 3.48. The van der Waals surface area contributed by atoms with Crippen LogP contribution in [0, 0.1) is 0 Å². The van der Waals surface area contributed by atoms with Gasteiger partial charge >= 0.3 is 0 Å². The molecule has 0 radical (unpaired) electrons. The number of hydrogen-bond acceptors (Lipinski definition) is 3. The molecule has 0 saturated heterocycles. The van der Waals surface area contributed by atoms with E-state index in [1.165, 1.54) is 0 Å². The first-order chi connectivity index (χ1) is 11.6. The van der Waals surface area contributed by atoms with Crippen LogP contribution in [0.25, 0.3) is 5.69 Å². The first kappa shape index (κ1) is 16.5. The quantitative estimate of drug-likeness (QED) is 0.743. The highest BCUT2D eigenvalue weighted by Gasteiger charge is 2.10. The molecule has 0 unspecified atom stereocenters. The van der Waals surface area contributed by atoms with Crippen molar-refractivity contribution in [1.29, 1.82) is 0 Å². The average Bonchev–Trinajstić information content (AvgIpc) is 3.09. The van der Waals surface area contributed by atoms with Crippen LogP contribution < -0.4 is 5.32 Å². The van der Waals surface area contributed by atoms with Crippen LogP contribution in [0.5, 0.6) is 0 Å². The van der Waals surface area contributed by atoms with Crippen LogP contribution >= 0.6 is 23.2 Å². The molecule has 1 heterocycles. The Morgan fingerprint density at radius 3 is 2.75 bits per heavy atom. The monoisotopic (exact) mass is 360 g/mol. The zero-order valence-electron chi connectivity index (χ0n) is 12.6. The summed E-state index contributed by atoms with van der Waals surface area (Å²) in [5, 5.41) is 11.8. The maximum absolute atomic E-state index is 12.3. The van der Waals surface area contributed by atoms with Gasteiger partial charge in [0.25, 0.3) is 0 Å². The fourth-order valence-electron chi connectivity index (χ4n) is 2.30. The Bertz CT molecular complexity index is 850. The number of hydrogen-bond donors (Lipinski definition) is 1. The summed E-state index contributed by atoms with van der Waals surface area (Å²) in [6.45, 7) is 0. The van der Waals surface area contributed by atoms with Crippen LogP contribution in [0.4, 0.5) is 5.69 Å². The number of anilines is 1. The van der Waals surface area contributed by atoms with Crippen LogP contribution in [0.2, 0.25) is 10.0 Å². The molecule has 3 rings (SSSR count). The molecule has 1 N–H and O–H groups in total. The molecule has 0 aliphatic rings. The van der Waals surface area contributed by atoms with Gasteiger partial charge < -0.3 is 5.32 Å². The molecule has 0 saturated carbocycles. The molecular formula is C17H14Cl2N4O. The van der Waals surface area contributed by atoms with E-state index in [0.717, 1.165) is 11.3 Å². The van der Waals surface area contributed by atoms with Crippen LogP contribution in [0.15, 0.2) is 54.9 Å². The summed E-state index contributed by atoms with van der Waals surface area (Å²) >= 11 is 12.0. The summed E-state index contributed by atoms with van der Waals surface area (Å²) in [7, 11) is 0.